The fourth-order valence-corrected chi connectivity index (χ4v) is 5.32. The van der Waals surface area contributed by atoms with Crippen LogP contribution >= 0.6 is 34.7 Å². The Kier molecular flexibility index (Phi) is 8.63. The van der Waals surface area contributed by atoms with Crippen LogP contribution in [-0.4, -0.2) is 39.5 Å². The molecule has 2 aromatic carbocycles. The van der Waals surface area contributed by atoms with E-state index >= 15 is 0 Å². The number of nitrogens with zero attached hydrogens (tertiary/aromatic N) is 3. The number of halogens is 1. The maximum Gasteiger partial charge on any atom is 0.341 e. The minimum atomic E-state index is -0.530. The smallest absolute Gasteiger partial charge is 0.341 e. The third kappa shape index (κ3) is 6.07. The van der Waals surface area contributed by atoms with Crippen LogP contribution in [0.3, 0.4) is 0 Å². The monoisotopic (exact) mass is 542 g/mol. The lowest BCUT2D eigenvalue weighted by Crippen LogP contribution is -2.16. The van der Waals surface area contributed by atoms with Gasteiger partial charge in [-0.15, -0.1) is 21.5 Å². The Morgan fingerprint density at radius 1 is 1.11 bits per heavy atom. The standard InChI is InChI=1S/C25H23ClN4O4S2/c1-3-30-20(13-34-18-7-5-4-6-8-18)28-29-25(30)36-15-21(31)27-23-22(24(32)33-2)19(14-35-23)16-9-11-17(26)12-10-16/h4-12,14H,3,13,15H2,1-2H3,(H,27,31). The molecule has 0 radical (unpaired) electrons. The van der Waals surface area contributed by atoms with Gasteiger partial charge >= 0.3 is 5.97 Å². The number of benzene rings is 2. The Labute approximate surface area is 221 Å². The summed E-state index contributed by atoms with van der Waals surface area (Å²) < 4.78 is 12.7. The van der Waals surface area contributed by atoms with Crippen molar-refractivity contribution in [3.05, 3.63) is 76.4 Å². The van der Waals surface area contributed by atoms with Gasteiger partial charge < -0.3 is 19.4 Å². The molecule has 0 atom stereocenters. The van der Waals surface area contributed by atoms with Crippen molar-refractivity contribution in [3.8, 4) is 16.9 Å². The number of thioether (sulfide) groups is 1. The first kappa shape index (κ1) is 25.7. The fourth-order valence-electron chi connectivity index (χ4n) is 3.40. The second-order valence-corrected chi connectivity index (χ2v) is 9.69. The summed E-state index contributed by atoms with van der Waals surface area (Å²) in [7, 11) is 1.31. The number of rotatable bonds is 10. The minimum absolute atomic E-state index is 0.0897. The van der Waals surface area contributed by atoms with Gasteiger partial charge in [-0.05, 0) is 36.8 Å². The van der Waals surface area contributed by atoms with E-state index in [1.54, 1.807) is 12.1 Å². The number of nitrogens with one attached hydrogen (secondary N) is 1. The number of hydrogen-bond acceptors (Lipinski definition) is 8. The zero-order valence-electron chi connectivity index (χ0n) is 19.6. The molecular formula is C25H23ClN4O4S2. The van der Waals surface area contributed by atoms with E-state index in [-0.39, 0.29) is 18.3 Å². The zero-order valence-corrected chi connectivity index (χ0v) is 22.0. The van der Waals surface area contributed by atoms with Crippen LogP contribution in [0.5, 0.6) is 5.75 Å². The molecule has 0 saturated heterocycles. The Morgan fingerprint density at radius 3 is 2.56 bits per heavy atom. The summed E-state index contributed by atoms with van der Waals surface area (Å²) >= 11 is 8.51. The van der Waals surface area contributed by atoms with Crippen molar-refractivity contribution >= 4 is 51.6 Å². The molecule has 1 N–H and O–H groups in total. The summed E-state index contributed by atoms with van der Waals surface area (Å²) in [5, 5.41) is 14.7. The Hall–Kier alpha value is -3.34. The Morgan fingerprint density at radius 2 is 1.86 bits per heavy atom. The minimum Gasteiger partial charge on any atom is -0.486 e. The SMILES string of the molecule is CCn1c(COc2ccccc2)nnc1SCC(=O)Nc1scc(-c2ccc(Cl)cc2)c1C(=O)OC. The molecule has 0 aliphatic carbocycles. The van der Waals surface area contributed by atoms with Gasteiger partial charge in [-0.25, -0.2) is 4.79 Å². The van der Waals surface area contributed by atoms with Gasteiger partial charge in [-0.1, -0.05) is 53.7 Å². The molecule has 186 valence electrons. The number of esters is 1. The predicted octanol–water partition coefficient (Wildman–Crippen LogP) is 5.78. The highest BCUT2D eigenvalue weighted by atomic mass is 35.5. The first-order valence-electron chi connectivity index (χ1n) is 11.0. The van der Waals surface area contributed by atoms with Crippen molar-refractivity contribution in [3.63, 3.8) is 0 Å². The zero-order chi connectivity index (χ0) is 25.5. The van der Waals surface area contributed by atoms with Crippen LogP contribution in [0.1, 0.15) is 23.1 Å². The van der Waals surface area contributed by atoms with E-state index in [1.165, 1.54) is 30.2 Å². The van der Waals surface area contributed by atoms with Gasteiger partial charge in [0.15, 0.2) is 11.0 Å². The first-order chi connectivity index (χ1) is 17.5. The van der Waals surface area contributed by atoms with E-state index in [0.717, 1.165) is 11.3 Å². The lowest BCUT2D eigenvalue weighted by molar-refractivity contribution is -0.113. The predicted molar refractivity (Wildman–Crippen MR) is 142 cm³/mol. The van der Waals surface area contributed by atoms with Gasteiger partial charge in [0.05, 0.1) is 12.9 Å². The lowest BCUT2D eigenvalue weighted by Gasteiger charge is -2.09. The van der Waals surface area contributed by atoms with Gasteiger partial charge in [0, 0.05) is 22.5 Å². The van der Waals surface area contributed by atoms with E-state index in [1.807, 2.05) is 59.3 Å². The van der Waals surface area contributed by atoms with Gasteiger partial charge in [-0.3, -0.25) is 4.79 Å². The van der Waals surface area contributed by atoms with Crippen LogP contribution in [0.25, 0.3) is 11.1 Å². The number of anilines is 1. The molecule has 0 aliphatic rings. The van der Waals surface area contributed by atoms with Crippen LogP contribution in [0, 0.1) is 0 Å². The molecule has 0 fully saturated rings. The molecule has 0 unspecified atom stereocenters. The van der Waals surface area contributed by atoms with E-state index in [9.17, 15) is 9.59 Å². The van der Waals surface area contributed by atoms with Gasteiger partial charge in [0.25, 0.3) is 0 Å². The molecule has 8 nitrogen and oxygen atoms in total. The molecule has 4 rings (SSSR count). The molecule has 4 aromatic rings. The maximum atomic E-state index is 12.8. The third-order valence-corrected chi connectivity index (χ3v) is 7.26. The molecule has 36 heavy (non-hydrogen) atoms. The summed E-state index contributed by atoms with van der Waals surface area (Å²) in [6.07, 6.45) is 0. The second-order valence-electron chi connectivity index (χ2n) is 7.43. The van der Waals surface area contributed by atoms with E-state index in [0.29, 0.717) is 38.7 Å². The number of thiophene rings is 1. The molecule has 2 aromatic heterocycles. The normalized spacial score (nSPS) is 10.8. The van der Waals surface area contributed by atoms with Crippen molar-refractivity contribution in [2.45, 2.75) is 25.2 Å². The highest BCUT2D eigenvalue weighted by Gasteiger charge is 2.23. The Bertz CT molecular complexity index is 1340. The van der Waals surface area contributed by atoms with E-state index < -0.39 is 5.97 Å². The fraction of sp³-hybridized carbons (Fsp3) is 0.200. The number of hydrogen-bond donors (Lipinski definition) is 1. The molecular weight excluding hydrogens is 520 g/mol. The second kappa shape index (κ2) is 12.1. The highest BCUT2D eigenvalue weighted by molar-refractivity contribution is 7.99. The van der Waals surface area contributed by atoms with Crippen LogP contribution in [0.15, 0.2) is 65.1 Å². The van der Waals surface area contributed by atoms with Crippen LogP contribution in [0.4, 0.5) is 5.00 Å². The van der Waals surface area contributed by atoms with Crippen LogP contribution < -0.4 is 10.1 Å². The number of para-hydroxylation sites is 1. The quantitative estimate of drug-likeness (QED) is 0.200. The summed E-state index contributed by atoms with van der Waals surface area (Å²) in [6.45, 7) is 2.88. The average Bonchev–Trinajstić information content (AvgIpc) is 3.50. The van der Waals surface area contributed by atoms with Crippen molar-refractivity contribution in [2.75, 3.05) is 18.2 Å². The molecule has 0 saturated carbocycles. The number of carbonyl (C=O) groups is 2. The molecule has 1 amide bonds. The topological polar surface area (TPSA) is 95.3 Å². The van der Waals surface area contributed by atoms with Crippen molar-refractivity contribution in [1.29, 1.82) is 0 Å². The van der Waals surface area contributed by atoms with Crippen molar-refractivity contribution in [2.24, 2.45) is 0 Å². The van der Waals surface area contributed by atoms with E-state index in [2.05, 4.69) is 15.5 Å². The highest BCUT2D eigenvalue weighted by Crippen LogP contribution is 2.36. The van der Waals surface area contributed by atoms with Crippen LogP contribution in [-0.2, 0) is 22.7 Å². The average molecular weight is 543 g/mol. The summed E-state index contributed by atoms with van der Waals surface area (Å²) in [5.41, 5.74) is 1.77. The van der Waals surface area contributed by atoms with Gasteiger partial charge in [0.2, 0.25) is 5.91 Å². The number of aromatic nitrogens is 3. The van der Waals surface area contributed by atoms with Crippen molar-refractivity contribution in [1.82, 2.24) is 14.8 Å². The molecule has 0 bridgehead atoms. The molecule has 11 heteroatoms. The lowest BCUT2D eigenvalue weighted by atomic mass is 10.0. The van der Waals surface area contributed by atoms with Gasteiger partial charge in [-0.2, -0.15) is 0 Å². The summed E-state index contributed by atoms with van der Waals surface area (Å²) in [4.78, 5) is 25.3. The Balaban J connectivity index is 1.43. The summed E-state index contributed by atoms with van der Waals surface area (Å²) in [5.74, 6) is 0.697. The molecule has 0 aliphatic heterocycles. The molecule has 0 spiro atoms. The van der Waals surface area contributed by atoms with Crippen molar-refractivity contribution < 1.29 is 19.1 Å². The third-order valence-electron chi connectivity index (χ3n) is 5.14. The maximum absolute atomic E-state index is 12.8. The first-order valence-corrected chi connectivity index (χ1v) is 13.2. The summed E-state index contributed by atoms with van der Waals surface area (Å²) in [6, 6.07) is 16.6. The number of methoxy groups -OCH3 is 1. The number of carbonyl (C=O) groups excluding carboxylic acids is 2. The van der Waals surface area contributed by atoms with E-state index in [4.69, 9.17) is 21.1 Å². The number of ether oxygens (including phenoxy) is 2. The van der Waals surface area contributed by atoms with Gasteiger partial charge in [0.1, 0.15) is 22.9 Å². The van der Waals surface area contributed by atoms with Crippen LogP contribution in [0.2, 0.25) is 5.02 Å². The largest absolute Gasteiger partial charge is 0.486 e. The molecule has 2 heterocycles. The number of amides is 1.